The third kappa shape index (κ3) is 1.89. The fraction of sp³-hybridized carbons (Fsp3) is 1.00. The smallest absolute Gasteiger partial charge is 0.0191 e. The Labute approximate surface area is 68.0 Å². The Morgan fingerprint density at radius 1 is 1.50 bits per heavy atom. The molecule has 0 saturated carbocycles. The largest absolute Gasteiger partial charge is 0.316 e. The number of rotatable bonds is 3. The summed E-state index contributed by atoms with van der Waals surface area (Å²) in [6.45, 7) is 2.27. The van der Waals surface area contributed by atoms with Gasteiger partial charge in [-0.05, 0) is 25.1 Å². The van der Waals surface area contributed by atoms with E-state index in [4.69, 9.17) is 0 Å². The molecule has 1 rings (SSSR count). The van der Waals surface area contributed by atoms with Gasteiger partial charge >= 0.3 is 0 Å². The molecule has 0 amide bonds. The van der Waals surface area contributed by atoms with Crippen LogP contribution in [0, 0.1) is 5.92 Å². The third-order valence-corrected chi connectivity index (χ3v) is 3.49. The van der Waals surface area contributed by atoms with Gasteiger partial charge in [-0.3, -0.25) is 0 Å². The van der Waals surface area contributed by atoms with E-state index in [1.807, 2.05) is 0 Å². The molecule has 1 fully saturated rings. The lowest BCUT2D eigenvalue weighted by Crippen LogP contribution is -2.32. The maximum absolute atomic E-state index is 3.38. The summed E-state index contributed by atoms with van der Waals surface area (Å²) in [6, 6.07) is 0.796. The van der Waals surface area contributed by atoms with Crippen molar-refractivity contribution in [1.82, 2.24) is 5.32 Å². The topological polar surface area (TPSA) is 12.0 Å². The molecule has 0 aromatic rings. The molecule has 1 heterocycles. The summed E-state index contributed by atoms with van der Waals surface area (Å²) in [4.78, 5) is 0. The van der Waals surface area contributed by atoms with Crippen molar-refractivity contribution in [1.29, 1.82) is 0 Å². The van der Waals surface area contributed by atoms with E-state index >= 15 is 0 Å². The Bertz CT molecular complexity index is 95.3. The lowest BCUT2D eigenvalue weighted by atomic mass is 9.99. The maximum atomic E-state index is 3.38. The molecule has 10 heavy (non-hydrogen) atoms. The molecule has 1 aliphatic heterocycles. The normalized spacial score (nSPS) is 33.0. The molecule has 1 N–H and O–H groups in total. The Morgan fingerprint density at radius 3 is 2.90 bits per heavy atom. The Hall–Kier alpha value is 0.310. The number of nitrogens with one attached hydrogen (secondary N) is 1. The monoisotopic (exact) mass is 159 g/mol. The second-order valence-electron chi connectivity index (χ2n) is 2.98. The molecule has 2 unspecified atom stereocenters. The molecular formula is C8H17NS. The maximum Gasteiger partial charge on any atom is 0.0191 e. The van der Waals surface area contributed by atoms with Gasteiger partial charge in [0.15, 0.2) is 0 Å². The van der Waals surface area contributed by atoms with Crippen molar-refractivity contribution in [2.75, 3.05) is 18.6 Å². The van der Waals surface area contributed by atoms with Crippen molar-refractivity contribution in [2.24, 2.45) is 5.92 Å². The average molecular weight is 159 g/mol. The lowest BCUT2D eigenvalue weighted by molar-refractivity contribution is 0.425. The zero-order chi connectivity index (χ0) is 7.40. The van der Waals surface area contributed by atoms with Gasteiger partial charge in [0.2, 0.25) is 0 Å². The fourth-order valence-corrected chi connectivity index (χ4v) is 3.10. The summed E-state index contributed by atoms with van der Waals surface area (Å²) in [7, 11) is 2.08. The molecular weight excluding hydrogens is 142 g/mol. The predicted molar refractivity (Wildman–Crippen MR) is 48.6 cm³/mol. The summed E-state index contributed by atoms with van der Waals surface area (Å²) in [5, 5.41) is 3.38. The van der Waals surface area contributed by atoms with Gasteiger partial charge in [0.25, 0.3) is 0 Å². The second-order valence-corrected chi connectivity index (χ2v) is 4.06. The van der Waals surface area contributed by atoms with E-state index in [1.165, 1.54) is 24.3 Å². The third-order valence-electron chi connectivity index (χ3n) is 2.23. The second kappa shape index (κ2) is 4.24. The minimum absolute atomic E-state index is 0.796. The molecule has 1 nitrogen and oxygen atoms in total. The molecule has 2 atom stereocenters. The number of hydrogen-bond donors (Lipinski definition) is 1. The molecule has 0 bridgehead atoms. The fourth-order valence-electron chi connectivity index (χ4n) is 1.57. The van der Waals surface area contributed by atoms with Gasteiger partial charge in [0.1, 0.15) is 0 Å². The molecule has 0 aromatic carbocycles. The highest BCUT2D eigenvalue weighted by Gasteiger charge is 2.24. The summed E-state index contributed by atoms with van der Waals surface area (Å²) in [6.07, 6.45) is 2.74. The summed E-state index contributed by atoms with van der Waals surface area (Å²) in [5.41, 5.74) is 0. The van der Waals surface area contributed by atoms with Crippen LogP contribution in [0.3, 0.4) is 0 Å². The van der Waals surface area contributed by atoms with E-state index in [9.17, 15) is 0 Å². The zero-order valence-electron chi connectivity index (χ0n) is 6.89. The van der Waals surface area contributed by atoms with Crippen LogP contribution < -0.4 is 5.32 Å². The Balaban J connectivity index is 2.27. The Morgan fingerprint density at radius 2 is 2.30 bits per heavy atom. The first-order chi connectivity index (χ1) is 4.88. The highest BCUT2D eigenvalue weighted by molar-refractivity contribution is 7.99. The molecule has 2 heteroatoms. The van der Waals surface area contributed by atoms with Crippen LogP contribution >= 0.6 is 11.8 Å². The van der Waals surface area contributed by atoms with Crippen LogP contribution in [0.1, 0.15) is 19.8 Å². The van der Waals surface area contributed by atoms with Gasteiger partial charge in [0, 0.05) is 11.8 Å². The van der Waals surface area contributed by atoms with E-state index in [2.05, 4.69) is 31.1 Å². The van der Waals surface area contributed by atoms with Crippen molar-refractivity contribution < 1.29 is 0 Å². The van der Waals surface area contributed by atoms with E-state index < -0.39 is 0 Å². The SMILES string of the molecule is CCCC1CSCC1NC. The summed E-state index contributed by atoms with van der Waals surface area (Å²) < 4.78 is 0. The van der Waals surface area contributed by atoms with E-state index in [-0.39, 0.29) is 0 Å². The molecule has 0 aromatic heterocycles. The van der Waals surface area contributed by atoms with Gasteiger partial charge < -0.3 is 5.32 Å². The van der Waals surface area contributed by atoms with Crippen LogP contribution in [0.15, 0.2) is 0 Å². The van der Waals surface area contributed by atoms with Gasteiger partial charge in [-0.15, -0.1) is 0 Å². The minimum Gasteiger partial charge on any atom is -0.316 e. The number of thioether (sulfide) groups is 1. The van der Waals surface area contributed by atoms with E-state index in [1.54, 1.807) is 0 Å². The highest BCUT2D eigenvalue weighted by Crippen LogP contribution is 2.27. The van der Waals surface area contributed by atoms with Crippen LogP contribution in [0.2, 0.25) is 0 Å². The molecule has 1 saturated heterocycles. The van der Waals surface area contributed by atoms with Gasteiger partial charge in [-0.2, -0.15) is 11.8 Å². The van der Waals surface area contributed by atoms with Gasteiger partial charge in [-0.25, -0.2) is 0 Å². The van der Waals surface area contributed by atoms with Crippen molar-refractivity contribution in [3.63, 3.8) is 0 Å². The summed E-state index contributed by atoms with van der Waals surface area (Å²) >= 11 is 2.09. The van der Waals surface area contributed by atoms with E-state index in [0.29, 0.717) is 0 Å². The Kier molecular flexibility index (Phi) is 3.57. The standard InChI is InChI=1S/C8H17NS/c1-3-4-7-5-10-6-8(7)9-2/h7-9H,3-6H2,1-2H3. The van der Waals surface area contributed by atoms with Gasteiger partial charge in [-0.1, -0.05) is 13.3 Å². The molecule has 0 radical (unpaired) electrons. The highest BCUT2D eigenvalue weighted by atomic mass is 32.2. The van der Waals surface area contributed by atoms with Crippen molar-refractivity contribution in [3.05, 3.63) is 0 Å². The molecule has 0 aliphatic carbocycles. The van der Waals surface area contributed by atoms with Crippen LogP contribution in [0.25, 0.3) is 0 Å². The van der Waals surface area contributed by atoms with Crippen LogP contribution in [-0.4, -0.2) is 24.6 Å². The summed E-state index contributed by atoms with van der Waals surface area (Å²) in [5.74, 6) is 3.64. The van der Waals surface area contributed by atoms with Gasteiger partial charge in [0.05, 0.1) is 0 Å². The van der Waals surface area contributed by atoms with Crippen molar-refractivity contribution in [3.8, 4) is 0 Å². The lowest BCUT2D eigenvalue weighted by Gasteiger charge is -2.16. The minimum atomic E-state index is 0.796. The zero-order valence-corrected chi connectivity index (χ0v) is 7.71. The van der Waals surface area contributed by atoms with Crippen molar-refractivity contribution in [2.45, 2.75) is 25.8 Å². The number of hydrogen-bond acceptors (Lipinski definition) is 2. The van der Waals surface area contributed by atoms with Crippen LogP contribution in [0.4, 0.5) is 0 Å². The van der Waals surface area contributed by atoms with E-state index in [0.717, 1.165) is 12.0 Å². The first kappa shape index (κ1) is 8.41. The van der Waals surface area contributed by atoms with Crippen LogP contribution in [0.5, 0.6) is 0 Å². The molecule has 60 valence electrons. The molecule has 1 aliphatic rings. The van der Waals surface area contributed by atoms with Crippen molar-refractivity contribution >= 4 is 11.8 Å². The average Bonchev–Trinajstić information content (AvgIpc) is 2.36. The quantitative estimate of drug-likeness (QED) is 0.673. The molecule has 0 spiro atoms. The first-order valence-corrected chi connectivity index (χ1v) is 5.29. The first-order valence-electron chi connectivity index (χ1n) is 4.13. The predicted octanol–water partition coefficient (Wildman–Crippen LogP) is 1.74. The van der Waals surface area contributed by atoms with Crippen LogP contribution in [-0.2, 0) is 0 Å².